The zero-order chi connectivity index (χ0) is 24.2. The van der Waals surface area contributed by atoms with Gasteiger partial charge in [-0.2, -0.15) is 0 Å². The van der Waals surface area contributed by atoms with E-state index in [1.54, 1.807) is 6.92 Å². The van der Waals surface area contributed by atoms with E-state index in [-0.39, 0.29) is 18.6 Å². The van der Waals surface area contributed by atoms with Crippen molar-refractivity contribution in [2.75, 3.05) is 6.61 Å². The molecule has 1 aliphatic rings. The van der Waals surface area contributed by atoms with Gasteiger partial charge in [-0.15, -0.1) is 0 Å². The summed E-state index contributed by atoms with van der Waals surface area (Å²) < 4.78 is 24.4. The second-order valence-electron chi connectivity index (χ2n) is 7.41. The quantitative estimate of drug-likeness (QED) is 0.123. The van der Waals surface area contributed by atoms with Crippen molar-refractivity contribution >= 4 is 35.0 Å². The van der Waals surface area contributed by atoms with Crippen LogP contribution in [0.2, 0.25) is 0 Å². The molecule has 4 atom stereocenters. The third kappa shape index (κ3) is 5.45. The molecule has 1 fully saturated rings. The van der Waals surface area contributed by atoms with E-state index in [4.69, 9.17) is 4.74 Å². The number of nitrogens with zero attached hydrogens (tertiary/aromatic N) is 1. The number of β-lactam (4-membered cyclic amide) rings is 1. The highest BCUT2D eigenvalue weighted by Crippen LogP contribution is 2.31. The first kappa shape index (κ1) is 24.9. The van der Waals surface area contributed by atoms with Gasteiger partial charge >= 0.3 is 12.1 Å². The number of nitrogens with one attached hydrogen (secondary N) is 2. The van der Waals surface area contributed by atoms with Crippen LogP contribution < -0.4 is 10.9 Å². The summed E-state index contributed by atoms with van der Waals surface area (Å²) in [6.45, 7) is 1.81. The molecule has 0 bridgehead atoms. The molecule has 1 heterocycles. The van der Waals surface area contributed by atoms with Crippen molar-refractivity contribution in [1.29, 1.82) is 0 Å². The Balaban J connectivity index is 1.96. The van der Waals surface area contributed by atoms with Crippen LogP contribution >= 0.6 is 0 Å². The maximum atomic E-state index is 11.9. The molecule has 14 heteroatoms. The Hall–Kier alpha value is -3.39. The van der Waals surface area contributed by atoms with Gasteiger partial charge in [0.05, 0.1) is 6.42 Å². The Kier molecular flexibility index (Phi) is 7.64. The number of phenolic OH excluding ortho intramolecular Hbond substituents is 2. The highest BCUT2D eigenvalue weighted by Gasteiger charge is 2.54. The van der Waals surface area contributed by atoms with Gasteiger partial charge in [0.25, 0.3) is 0 Å². The van der Waals surface area contributed by atoms with Crippen molar-refractivity contribution in [1.82, 2.24) is 15.8 Å². The van der Waals surface area contributed by atoms with Crippen LogP contribution in [0.4, 0.5) is 4.79 Å². The SMILES string of the molecule is C[C@@H]1CC(=O)N1[C@@H](C(=O)O)[C@](C)(COC(=O)NNC(=O)Cc1ccc(O)c(O)c1)S(=O)O. The number of ether oxygens (including phenoxy) is 1. The number of aromatic hydroxyl groups is 2. The molecule has 6 N–H and O–H groups in total. The molecule has 176 valence electrons. The lowest BCUT2D eigenvalue weighted by Crippen LogP contribution is -2.68. The first-order chi connectivity index (χ1) is 14.9. The number of carboxylic acids is 1. The molecule has 0 saturated carbocycles. The molecular formula is C18H23N3O10S. The number of aliphatic carboxylic acids is 1. The first-order valence-electron chi connectivity index (χ1n) is 9.24. The van der Waals surface area contributed by atoms with E-state index in [2.05, 4.69) is 0 Å². The molecule has 1 unspecified atom stereocenters. The molecule has 2 rings (SSSR count). The molecule has 0 aliphatic carbocycles. The van der Waals surface area contributed by atoms with E-state index in [9.17, 15) is 43.3 Å². The monoisotopic (exact) mass is 473 g/mol. The standard InChI is InChI=1S/C18H23N3O10S/c1-9-5-14(25)21(9)15(16(26)27)18(2,32(29)30)8-31-17(28)20-19-13(24)7-10-3-4-11(22)12(23)6-10/h3-4,6,9,15,22-23H,5,7-8H2,1-2H3,(H,19,24)(H,20,28)(H,26,27)(H,29,30)/t9-,15+,18+/m1/s1. The fourth-order valence-electron chi connectivity index (χ4n) is 3.16. The Labute approximate surface area is 184 Å². The Morgan fingerprint density at radius 2 is 1.94 bits per heavy atom. The summed E-state index contributed by atoms with van der Waals surface area (Å²) in [4.78, 5) is 48.4. The molecule has 32 heavy (non-hydrogen) atoms. The van der Waals surface area contributed by atoms with E-state index in [1.807, 2.05) is 10.9 Å². The van der Waals surface area contributed by atoms with Crippen LogP contribution in [-0.4, -0.2) is 76.3 Å². The summed E-state index contributed by atoms with van der Waals surface area (Å²) in [5.74, 6) is -3.57. The third-order valence-corrected chi connectivity index (χ3v) is 6.06. The summed E-state index contributed by atoms with van der Waals surface area (Å²) in [6.07, 6.45) is -1.43. The lowest BCUT2D eigenvalue weighted by atomic mass is 9.92. The molecule has 1 aromatic carbocycles. The van der Waals surface area contributed by atoms with Crippen molar-refractivity contribution in [3.05, 3.63) is 23.8 Å². The van der Waals surface area contributed by atoms with Gasteiger partial charge in [0.2, 0.25) is 11.8 Å². The Morgan fingerprint density at radius 3 is 2.44 bits per heavy atom. The molecule has 0 radical (unpaired) electrons. The number of phenols is 2. The molecule has 1 aliphatic heterocycles. The number of carbonyl (C=O) groups excluding carboxylic acids is 3. The number of hydrazine groups is 1. The number of carbonyl (C=O) groups is 4. The van der Waals surface area contributed by atoms with Crippen molar-refractivity contribution in [3.63, 3.8) is 0 Å². The number of hydrogen-bond acceptors (Lipinski definition) is 8. The van der Waals surface area contributed by atoms with Gasteiger partial charge in [0.15, 0.2) is 28.6 Å². The summed E-state index contributed by atoms with van der Waals surface area (Å²) in [5, 5.41) is 28.2. The first-order valence-corrected chi connectivity index (χ1v) is 10.3. The summed E-state index contributed by atoms with van der Waals surface area (Å²) in [6, 6.07) is 1.50. The second-order valence-corrected chi connectivity index (χ2v) is 8.84. The largest absolute Gasteiger partial charge is 0.504 e. The van der Waals surface area contributed by atoms with Crippen LogP contribution in [0.3, 0.4) is 0 Å². The maximum Gasteiger partial charge on any atom is 0.426 e. The number of amides is 3. The van der Waals surface area contributed by atoms with E-state index in [0.717, 1.165) is 17.9 Å². The van der Waals surface area contributed by atoms with Crippen LogP contribution in [-0.2, 0) is 36.6 Å². The Morgan fingerprint density at radius 1 is 1.28 bits per heavy atom. The molecule has 13 nitrogen and oxygen atoms in total. The number of likely N-dealkylation sites (tertiary alicyclic amines) is 1. The smallest absolute Gasteiger partial charge is 0.426 e. The molecule has 0 aromatic heterocycles. The topological polar surface area (TPSA) is 203 Å². The van der Waals surface area contributed by atoms with Gasteiger partial charge in [0.1, 0.15) is 11.4 Å². The second kappa shape index (κ2) is 9.82. The number of rotatable bonds is 8. The molecule has 3 amide bonds. The van der Waals surface area contributed by atoms with Crippen LogP contribution in [0.25, 0.3) is 0 Å². The zero-order valence-electron chi connectivity index (χ0n) is 17.1. The van der Waals surface area contributed by atoms with Gasteiger partial charge in [-0.05, 0) is 31.5 Å². The van der Waals surface area contributed by atoms with Crippen molar-refractivity contribution < 1.29 is 48.0 Å². The van der Waals surface area contributed by atoms with E-state index in [0.29, 0.717) is 5.56 Å². The predicted molar refractivity (Wildman–Crippen MR) is 108 cm³/mol. The normalized spacial score (nSPS) is 19.2. The van der Waals surface area contributed by atoms with E-state index < -0.39 is 64.1 Å². The zero-order valence-corrected chi connectivity index (χ0v) is 17.9. The van der Waals surface area contributed by atoms with Gasteiger partial charge in [-0.1, -0.05) is 6.07 Å². The van der Waals surface area contributed by atoms with Gasteiger partial charge in [-0.25, -0.2) is 19.2 Å². The summed E-state index contributed by atoms with van der Waals surface area (Å²) in [5.41, 5.74) is 4.24. The molecular weight excluding hydrogens is 450 g/mol. The highest BCUT2D eigenvalue weighted by molar-refractivity contribution is 7.80. The minimum Gasteiger partial charge on any atom is -0.504 e. The van der Waals surface area contributed by atoms with Gasteiger partial charge in [0, 0.05) is 12.5 Å². The predicted octanol–water partition coefficient (Wildman–Crippen LogP) is -0.548. The molecule has 1 aromatic rings. The minimum atomic E-state index is -2.81. The molecule has 0 spiro atoms. The number of hydrogen-bond donors (Lipinski definition) is 6. The van der Waals surface area contributed by atoms with Crippen molar-refractivity contribution in [3.8, 4) is 11.5 Å². The number of benzene rings is 1. The average Bonchev–Trinajstić information content (AvgIpc) is 2.71. The molecule has 1 saturated heterocycles. The van der Waals surface area contributed by atoms with Gasteiger partial charge in [-0.3, -0.25) is 15.0 Å². The third-order valence-electron chi connectivity index (χ3n) is 4.92. The van der Waals surface area contributed by atoms with Crippen molar-refractivity contribution in [2.24, 2.45) is 0 Å². The highest BCUT2D eigenvalue weighted by atomic mass is 32.2. The average molecular weight is 473 g/mol. The lowest BCUT2D eigenvalue weighted by molar-refractivity contribution is -0.163. The lowest BCUT2D eigenvalue weighted by Gasteiger charge is -2.47. The maximum absolute atomic E-state index is 11.9. The van der Waals surface area contributed by atoms with Crippen LogP contribution in [0.15, 0.2) is 18.2 Å². The van der Waals surface area contributed by atoms with E-state index in [1.165, 1.54) is 12.1 Å². The minimum absolute atomic E-state index is 0.0874. The van der Waals surface area contributed by atoms with Crippen LogP contribution in [0, 0.1) is 0 Å². The Bertz CT molecular complexity index is 955. The summed E-state index contributed by atoms with van der Waals surface area (Å²) in [7, 11) is 0. The van der Waals surface area contributed by atoms with Crippen LogP contribution in [0.5, 0.6) is 11.5 Å². The van der Waals surface area contributed by atoms with Gasteiger partial charge < -0.3 is 29.5 Å². The fraction of sp³-hybridized carbons (Fsp3) is 0.444. The van der Waals surface area contributed by atoms with Crippen LogP contribution in [0.1, 0.15) is 25.8 Å². The van der Waals surface area contributed by atoms with Crippen molar-refractivity contribution in [2.45, 2.75) is 43.5 Å². The fourth-order valence-corrected chi connectivity index (χ4v) is 3.73. The summed E-state index contributed by atoms with van der Waals surface area (Å²) >= 11 is -2.81. The number of carboxylic acid groups (broad SMARTS) is 1. The van der Waals surface area contributed by atoms with E-state index >= 15 is 0 Å².